The highest BCUT2D eigenvalue weighted by Crippen LogP contribution is 2.40. The number of ether oxygens (including phenoxy) is 4. The van der Waals surface area contributed by atoms with Crippen molar-refractivity contribution in [3.05, 3.63) is 71.3 Å². The van der Waals surface area contributed by atoms with E-state index in [1.165, 1.54) is 26.4 Å². The van der Waals surface area contributed by atoms with E-state index in [0.717, 1.165) is 11.1 Å². The first-order valence-electron chi connectivity index (χ1n) is 10.6. The summed E-state index contributed by atoms with van der Waals surface area (Å²) < 4.78 is 21.5. The van der Waals surface area contributed by atoms with E-state index >= 15 is 0 Å². The number of phenols is 1. The van der Waals surface area contributed by atoms with Gasteiger partial charge < -0.3 is 35.1 Å². The minimum Gasteiger partial charge on any atom is -0.504 e. The molecule has 3 rings (SSSR count). The number of rotatable bonds is 9. The van der Waals surface area contributed by atoms with Crippen LogP contribution in [0.15, 0.2) is 54.6 Å². The largest absolute Gasteiger partial charge is 0.504 e. The van der Waals surface area contributed by atoms with E-state index in [4.69, 9.17) is 24.7 Å². The lowest BCUT2D eigenvalue weighted by Gasteiger charge is -2.14. The Morgan fingerprint density at radius 1 is 0.800 bits per heavy atom. The second-order valence-corrected chi connectivity index (χ2v) is 7.36. The third-order valence-electron chi connectivity index (χ3n) is 5.13. The number of aromatic hydroxyl groups is 1. The summed E-state index contributed by atoms with van der Waals surface area (Å²) in [6.07, 6.45) is 6.65. The Balaban J connectivity index is 1.93. The minimum absolute atomic E-state index is 0.102. The molecule has 0 spiro atoms. The van der Waals surface area contributed by atoms with E-state index in [9.17, 15) is 9.90 Å². The number of amides is 1. The van der Waals surface area contributed by atoms with E-state index in [2.05, 4.69) is 5.32 Å². The Bertz CT molecular complexity index is 1220. The lowest BCUT2D eigenvalue weighted by Crippen LogP contribution is -2.10. The summed E-state index contributed by atoms with van der Waals surface area (Å²) in [5.41, 5.74) is 8.86. The molecule has 0 unspecified atom stereocenters. The molecule has 4 N–H and O–H groups in total. The smallest absolute Gasteiger partial charge is 0.248 e. The van der Waals surface area contributed by atoms with E-state index < -0.39 is 5.91 Å². The molecule has 3 aromatic carbocycles. The highest BCUT2D eigenvalue weighted by atomic mass is 16.5. The van der Waals surface area contributed by atoms with Crippen molar-refractivity contribution in [2.75, 3.05) is 39.5 Å². The average molecular weight is 477 g/mol. The molecule has 182 valence electrons. The van der Waals surface area contributed by atoms with Gasteiger partial charge >= 0.3 is 0 Å². The maximum absolute atomic E-state index is 12.7. The lowest BCUT2D eigenvalue weighted by atomic mass is 10.1. The predicted molar refractivity (Wildman–Crippen MR) is 138 cm³/mol. The van der Waals surface area contributed by atoms with Crippen molar-refractivity contribution in [1.82, 2.24) is 0 Å². The molecule has 0 bridgehead atoms. The van der Waals surface area contributed by atoms with Crippen LogP contribution >= 0.6 is 0 Å². The van der Waals surface area contributed by atoms with E-state index in [-0.39, 0.29) is 11.5 Å². The van der Waals surface area contributed by atoms with Gasteiger partial charge in [0, 0.05) is 17.3 Å². The van der Waals surface area contributed by atoms with Gasteiger partial charge in [-0.3, -0.25) is 4.79 Å². The number of carbonyl (C=O) groups is 1. The molecule has 0 aliphatic heterocycles. The average Bonchev–Trinajstić information content (AvgIpc) is 2.87. The molecule has 35 heavy (non-hydrogen) atoms. The van der Waals surface area contributed by atoms with Gasteiger partial charge in [0.1, 0.15) is 0 Å². The molecule has 0 saturated carbocycles. The number of nitrogens with one attached hydrogen (secondary N) is 1. The summed E-state index contributed by atoms with van der Waals surface area (Å²) in [5.74, 6) is 1.15. The summed E-state index contributed by atoms with van der Waals surface area (Å²) in [6.45, 7) is 0. The number of hydrogen-bond acceptors (Lipinski definition) is 7. The molecule has 1 amide bonds. The third-order valence-corrected chi connectivity index (χ3v) is 5.13. The number of nitrogen functional groups attached to an aromatic ring is 1. The van der Waals surface area contributed by atoms with Crippen LogP contribution in [-0.2, 0) is 4.79 Å². The molecule has 0 heterocycles. The maximum Gasteiger partial charge on any atom is 0.248 e. The van der Waals surface area contributed by atoms with Gasteiger partial charge in [0.05, 0.1) is 34.1 Å². The summed E-state index contributed by atoms with van der Waals surface area (Å²) in [7, 11) is 6.04. The molecular weight excluding hydrogens is 448 g/mol. The number of hydrogen-bond donors (Lipinski definition) is 3. The second-order valence-electron chi connectivity index (χ2n) is 7.36. The van der Waals surface area contributed by atoms with Crippen LogP contribution in [0.25, 0.3) is 18.2 Å². The predicted octanol–water partition coefficient (Wildman–Crippen LogP) is 4.83. The summed E-state index contributed by atoms with van der Waals surface area (Å²) in [5, 5.41) is 13.1. The zero-order valence-corrected chi connectivity index (χ0v) is 20.0. The highest BCUT2D eigenvalue weighted by molar-refractivity contribution is 6.04. The first-order valence-corrected chi connectivity index (χ1v) is 10.6. The molecular formula is C27H28N2O6. The van der Waals surface area contributed by atoms with Gasteiger partial charge in [-0.25, -0.2) is 0 Å². The fourth-order valence-electron chi connectivity index (χ4n) is 3.39. The topological polar surface area (TPSA) is 112 Å². The zero-order valence-electron chi connectivity index (χ0n) is 20.0. The van der Waals surface area contributed by atoms with Crippen molar-refractivity contribution < 1.29 is 28.8 Å². The molecule has 0 aromatic heterocycles. The Hall–Kier alpha value is -4.59. The van der Waals surface area contributed by atoms with Crippen molar-refractivity contribution in [3.63, 3.8) is 0 Å². The third kappa shape index (κ3) is 6.05. The number of carbonyl (C=O) groups excluding carboxylic acids is 1. The van der Waals surface area contributed by atoms with Crippen molar-refractivity contribution >= 4 is 35.5 Å². The van der Waals surface area contributed by atoms with Gasteiger partial charge in [0.15, 0.2) is 23.0 Å². The minimum atomic E-state index is -0.395. The van der Waals surface area contributed by atoms with Crippen LogP contribution in [0.5, 0.6) is 28.7 Å². The van der Waals surface area contributed by atoms with Crippen molar-refractivity contribution in [2.45, 2.75) is 0 Å². The summed E-state index contributed by atoms with van der Waals surface area (Å²) in [6, 6.07) is 13.9. The molecule has 0 fully saturated rings. The van der Waals surface area contributed by atoms with E-state index in [0.29, 0.717) is 34.2 Å². The van der Waals surface area contributed by atoms with Crippen LogP contribution in [0, 0.1) is 0 Å². The first-order chi connectivity index (χ1) is 16.9. The molecule has 0 aliphatic rings. The number of nitrogens with two attached hydrogens (primary N) is 1. The van der Waals surface area contributed by atoms with E-state index in [1.807, 2.05) is 6.08 Å². The van der Waals surface area contributed by atoms with Crippen LogP contribution in [-0.4, -0.2) is 39.5 Å². The SMILES string of the molecule is COc1cc(/C=C/c2ccc(O)c(OC)c2NC(=O)/C=C/c2ccc(N)cc2)cc(OC)c1OC. The first kappa shape index (κ1) is 25.0. The lowest BCUT2D eigenvalue weighted by molar-refractivity contribution is -0.111. The van der Waals surface area contributed by atoms with Crippen LogP contribution in [0.3, 0.4) is 0 Å². The van der Waals surface area contributed by atoms with Crippen molar-refractivity contribution in [1.29, 1.82) is 0 Å². The summed E-state index contributed by atoms with van der Waals surface area (Å²) >= 11 is 0. The van der Waals surface area contributed by atoms with Crippen LogP contribution < -0.4 is 30.0 Å². The Kier molecular flexibility index (Phi) is 8.24. The van der Waals surface area contributed by atoms with Gasteiger partial charge in [-0.1, -0.05) is 24.3 Å². The number of benzene rings is 3. The Morgan fingerprint density at radius 2 is 1.43 bits per heavy atom. The van der Waals surface area contributed by atoms with Gasteiger partial charge in [-0.05, 0) is 53.6 Å². The molecule has 0 atom stereocenters. The molecule has 8 nitrogen and oxygen atoms in total. The van der Waals surface area contributed by atoms with Crippen LogP contribution in [0.4, 0.5) is 11.4 Å². The molecule has 0 saturated heterocycles. The summed E-state index contributed by atoms with van der Waals surface area (Å²) in [4.78, 5) is 12.7. The quantitative estimate of drug-likeness (QED) is 0.230. The monoisotopic (exact) mass is 476 g/mol. The number of anilines is 2. The fraction of sp³-hybridized carbons (Fsp3) is 0.148. The molecule has 0 aliphatic carbocycles. The molecule has 3 aromatic rings. The van der Waals surface area contributed by atoms with Gasteiger partial charge in [0.2, 0.25) is 11.7 Å². The second kappa shape index (κ2) is 11.5. The maximum atomic E-state index is 12.7. The standard InChI is InChI=1S/C27H28N2O6/c1-32-22-15-18(16-23(33-2)27(22)35-4)5-9-19-10-13-21(30)26(34-3)25(19)29-24(31)14-8-17-6-11-20(28)12-7-17/h5-16,30H,28H2,1-4H3,(H,29,31)/b9-5+,14-8+. The highest BCUT2D eigenvalue weighted by Gasteiger charge is 2.15. The van der Waals surface area contributed by atoms with Crippen LogP contribution in [0.1, 0.15) is 16.7 Å². The number of phenolic OH excluding ortho intramolecular Hbond substituents is 1. The van der Waals surface area contributed by atoms with E-state index in [1.54, 1.807) is 68.8 Å². The molecule has 8 heteroatoms. The van der Waals surface area contributed by atoms with Gasteiger partial charge in [-0.15, -0.1) is 0 Å². The van der Waals surface area contributed by atoms with Gasteiger partial charge in [0.25, 0.3) is 0 Å². The van der Waals surface area contributed by atoms with Crippen LogP contribution in [0.2, 0.25) is 0 Å². The van der Waals surface area contributed by atoms with Crippen molar-refractivity contribution in [3.8, 4) is 28.7 Å². The Morgan fingerprint density at radius 3 is 2.00 bits per heavy atom. The number of methoxy groups -OCH3 is 4. The fourth-order valence-corrected chi connectivity index (χ4v) is 3.39. The molecule has 0 radical (unpaired) electrons. The Labute approximate surface area is 204 Å². The normalized spacial score (nSPS) is 11.0. The van der Waals surface area contributed by atoms with Gasteiger partial charge in [-0.2, -0.15) is 0 Å². The zero-order chi connectivity index (χ0) is 25.4. The van der Waals surface area contributed by atoms with Crippen molar-refractivity contribution in [2.24, 2.45) is 0 Å².